The van der Waals surface area contributed by atoms with Crippen molar-refractivity contribution in [2.24, 2.45) is 0 Å². The van der Waals surface area contributed by atoms with Gasteiger partial charge in [-0.25, -0.2) is 4.79 Å². The molecule has 196 valence electrons. The number of hydrogen-bond donors (Lipinski definition) is 1. The van der Waals surface area contributed by atoms with Gasteiger partial charge in [-0.3, -0.25) is 0 Å². The molecular weight excluding hydrogens is 496 g/mol. The standard InChI is InChI=1S/C34H28N4O2/c1-2-40-34(39)32-30(37-28-9-5-3-6-10-28)21-31(26-17-13-24(22-35)14-18-26)38(29-11-7-4-8-12-29)33(32)27-19-15-25(23-36)16-20-27/h3-20,31,33,37H,2,21H2,1H3. The molecule has 0 radical (unpaired) electrons. The minimum Gasteiger partial charge on any atom is -0.463 e. The largest absolute Gasteiger partial charge is 0.463 e. The first kappa shape index (κ1) is 26.3. The highest BCUT2D eigenvalue weighted by Crippen LogP contribution is 2.48. The molecule has 40 heavy (non-hydrogen) atoms. The van der Waals surface area contributed by atoms with Crippen LogP contribution < -0.4 is 10.2 Å². The van der Waals surface area contributed by atoms with E-state index in [1.165, 1.54) is 0 Å². The highest BCUT2D eigenvalue weighted by atomic mass is 16.5. The van der Waals surface area contributed by atoms with Gasteiger partial charge in [0.25, 0.3) is 0 Å². The highest BCUT2D eigenvalue weighted by molar-refractivity contribution is 5.93. The molecule has 2 unspecified atom stereocenters. The molecule has 0 fully saturated rings. The monoisotopic (exact) mass is 524 g/mol. The van der Waals surface area contributed by atoms with Gasteiger partial charge in [0.15, 0.2) is 0 Å². The van der Waals surface area contributed by atoms with Gasteiger partial charge < -0.3 is 15.0 Å². The summed E-state index contributed by atoms with van der Waals surface area (Å²) in [5.74, 6) is -0.394. The fraction of sp³-hybridized carbons (Fsp3) is 0.147. The van der Waals surface area contributed by atoms with Gasteiger partial charge in [0, 0.05) is 23.5 Å². The van der Waals surface area contributed by atoms with Gasteiger partial charge in [0.05, 0.1) is 47.5 Å². The lowest BCUT2D eigenvalue weighted by Crippen LogP contribution is -2.41. The summed E-state index contributed by atoms with van der Waals surface area (Å²) in [6, 6.07) is 38.4. The summed E-state index contributed by atoms with van der Waals surface area (Å²) in [5.41, 5.74) is 6.08. The van der Waals surface area contributed by atoms with Crippen molar-refractivity contribution in [1.29, 1.82) is 10.5 Å². The zero-order valence-electron chi connectivity index (χ0n) is 22.1. The van der Waals surface area contributed by atoms with E-state index in [9.17, 15) is 15.3 Å². The summed E-state index contributed by atoms with van der Waals surface area (Å²) in [7, 11) is 0. The zero-order valence-corrected chi connectivity index (χ0v) is 22.1. The van der Waals surface area contributed by atoms with E-state index in [2.05, 4.69) is 22.4 Å². The molecule has 0 saturated heterocycles. The van der Waals surface area contributed by atoms with Crippen molar-refractivity contribution < 1.29 is 9.53 Å². The van der Waals surface area contributed by atoms with Gasteiger partial charge in [0.1, 0.15) is 0 Å². The Hall–Kier alpha value is -5.33. The molecular formula is C34H28N4O2. The maximum absolute atomic E-state index is 13.8. The molecule has 0 spiro atoms. The van der Waals surface area contributed by atoms with E-state index in [4.69, 9.17) is 4.74 Å². The molecule has 6 heteroatoms. The number of para-hydroxylation sites is 2. The maximum Gasteiger partial charge on any atom is 0.338 e. The third-order valence-corrected chi connectivity index (χ3v) is 7.01. The van der Waals surface area contributed by atoms with Crippen LogP contribution in [-0.2, 0) is 9.53 Å². The van der Waals surface area contributed by atoms with Crippen molar-refractivity contribution in [3.8, 4) is 12.1 Å². The number of anilines is 2. The first-order chi connectivity index (χ1) is 19.6. The molecule has 1 N–H and O–H groups in total. The quantitative estimate of drug-likeness (QED) is 0.261. The number of carbonyl (C=O) groups excluding carboxylic acids is 1. The number of hydrogen-bond acceptors (Lipinski definition) is 6. The summed E-state index contributed by atoms with van der Waals surface area (Å²) in [6.45, 7) is 2.04. The van der Waals surface area contributed by atoms with E-state index in [1.54, 1.807) is 19.1 Å². The second-order valence-electron chi connectivity index (χ2n) is 9.44. The number of esters is 1. The smallest absolute Gasteiger partial charge is 0.338 e. The molecule has 2 atom stereocenters. The van der Waals surface area contributed by atoms with Crippen molar-refractivity contribution in [2.45, 2.75) is 25.4 Å². The molecule has 1 aliphatic rings. The summed E-state index contributed by atoms with van der Waals surface area (Å²) < 4.78 is 5.65. The molecule has 6 nitrogen and oxygen atoms in total. The molecule has 0 bridgehead atoms. The predicted molar refractivity (Wildman–Crippen MR) is 155 cm³/mol. The van der Waals surface area contributed by atoms with E-state index in [0.717, 1.165) is 28.2 Å². The summed E-state index contributed by atoms with van der Waals surface area (Å²) in [4.78, 5) is 16.0. The van der Waals surface area contributed by atoms with Crippen molar-refractivity contribution >= 4 is 17.3 Å². The molecule has 0 aromatic heterocycles. The van der Waals surface area contributed by atoms with Crippen LogP contribution >= 0.6 is 0 Å². The molecule has 0 saturated carbocycles. The Morgan fingerprint density at radius 2 is 1.38 bits per heavy atom. The van der Waals surface area contributed by atoms with E-state index >= 15 is 0 Å². The Kier molecular flexibility index (Phi) is 7.90. The Morgan fingerprint density at radius 1 is 0.825 bits per heavy atom. The van der Waals surface area contributed by atoms with Crippen LogP contribution in [0.3, 0.4) is 0 Å². The Bertz CT molecular complexity index is 1580. The molecule has 0 aliphatic carbocycles. The van der Waals surface area contributed by atoms with Crippen LogP contribution in [0.5, 0.6) is 0 Å². The number of benzene rings is 4. The third kappa shape index (κ3) is 5.43. The molecule has 1 aliphatic heterocycles. The number of nitrogens with one attached hydrogen (secondary N) is 1. The maximum atomic E-state index is 13.8. The van der Waals surface area contributed by atoms with Crippen LogP contribution in [0.2, 0.25) is 0 Å². The number of rotatable bonds is 7. The molecule has 4 aromatic rings. The lowest BCUT2D eigenvalue weighted by atomic mass is 9.83. The fourth-order valence-corrected chi connectivity index (χ4v) is 5.20. The Morgan fingerprint density at radius 3 is 1.93 bits per heavy atom. The van der Waals surface area contributed by atoms with Gasteiger partial charge in [0.2, 0.25) is 0 Å². The topological polar surface area (TPSA) is 89.2 Å². The van der Waals surface area contributed by atoms with Gasteiger partial charge in [-0.15, -0.1) is 0 Å². The second kappa shape index (κ2) is 12.0. The van der Waals surface area contributed by atoms with Gasteiger partial charge in [-0.05, 0) is 66.6 Å². The normalized spacial score (nSPS) is 16.5. The minimum absolute atomic E-state index is 0.180. The van der Waals surface area contributed by atoms with Crippen molar-refractivity contribution in [1.82, 2.24) is 0 Å². The van der Waals surface area contributed by atoms with E-state index < -0.39 is 12.0 Å². The van der Waals surface area contributed by atoms with Crippen molar-refractivity contribution in [3.05, 3.63) is 143 Å². The third-order valence-electron chi connectivity index (χ3n) is 7.01. The Labute approximate surface area is 234 Å². The van der Waals surface area contributed by atoms with Gasteiger partial charge >= 0.3 is 5.97 Å². The van der Waals surface area contributed by atoms with Crippen LogP contribution in [0, 0.1) is 22.7 Å². The molecule has 1 heterocycles. The van der Waals surface area contributed by atoms with E-state index in [-0.39, 0.29) is 12.6 Å². The number of nitriles is 2. The van der Waals surface area contributed by atoms with Gasteiger partial charge in [-0.1, -0.05) is 60.7 Å². The van der Waals surface area contributed by atoms with Crippen molar-refractivity contribution in [2.75, 3.05) is 16.8 Å². The number of nitrogens with zero attached hydrogens (tertiary/aromatic N) is 3. The zero-order chi connectivity index (χ0) is 27.9. The second-order valence-corrected chi connectivity index (χ2v) is 9.44. The number of ether oxygens (including phenoxy) is 1. The fourth-order valence-electron chi connectivity index (χ4n) is 5.20. The summed E-state index contributed by atoms with van der Waals surface area (Å²) >= 11 is 0. The molecule has 5 rings (SSSR count). The number of carbonyl (C=O) groups is 1. The van der Waals surface area contributed by atoms with Gasteiger partial charge in [-0.2, -0.15) is 10.5 Å². The van der Waals surface area contributed by atoms with Crippen LogP contribution in [0.25, 0.3) is 0 Å². The highest BCUT2D eigenvalue weighted by Gasteiger charge is 2.41. The SMILES string of the molecule is CCOC(=O)C1=C(Nc2ccccc2)CC(c2ccc(C#N)cc2)N(c2ccccc2)C1c1ccc(C#N)cc1. The van der Waals surface area contributed by atoms with Crippen LogP contribution in [-0.4, -0.2) is 12.6 Å². The van der Waals surface area contributed by atoms with E-state index in [0.29, 0.717) is 23.1 Å². The molecule has 0 amide bonds. The van der Waals surface area contributed by atoms with Crippen LogP contribution in [0.15, 0.2) is 120 Å². The molecule has 4 aromatic carbocycles. The minimum atomic E-state index is -0.519. The summed E-state index contributed by atoms with van der Waals surface area (Å²) in [6.07, 6.45) is 0.497. The predicted octanol–water partition coefficient (Wildman–Crippen LogP) is 7.05. The lowest BCUT2D eigenvalue weighted by Gasteiger charge is -2.46. The lowest BCUT2D eigenvalue weighted by molar-refractivity contribution is -0.139. The summed E-state index contributed by atoms with van der Waals surface area (Å²) in [5, 5.41) is 22.4. The first-order valence-corrected chi connectivity index (χ1v) is 13.2. The van der Waals surface area contributed by atoms with Crippen molar-refractivity contribution in [3.63, 3.8) is 0 Å². The Balaban J connectivity index is 1.77. The van der Waals surface area contributed by atoms with Crippen LogP contribution in [0.1, 0.15) is 47.7 Å². The van der Waals surface area contributed by atoms with E-state index in [1.807, 2.05) is 97.1 Å². The average Bonchev–Trinajstić information content (AvgIpc) is 3.01. The average molecular weight is 525 g/mol. The first-order valence-electron chi connectivity index (χ1n) is 13.2. The van der Waals surface area contributed by atoms with Crippen LogP contribution in [0.4, 0.5) is 11.4 Å².